The molecule has 0 fully saturated rings. The van der Waals surface area contributed by atoms with Crippen molar-refractivity contribution < 1.29 is 17.9 Å². The molecule has 3 aromatic rings. The molecule has 0 amide bonds. The van der Waals surface area contributed by atoms with Gasteiger partial charge in [0.05, 0.1) is 14.2 Å². The molecule has 0 atom stereocenters. The summed E-state index contributed by atoms with van der Waals surface area (Å²) >= 11 is 0. The van der Waals surface area contributed by atoms with E-state index in [1.54, 1.807) is 36.4 Å². The average molecular weight is 414 g/mol. The summed E-state index contributed by atoms with van der Waals surface area (Å²) in [4.78, 5) is 8.64. The molecular formula is C20H22N4O4S. The Morgan fingerprint density at radius 2 is 1.45 bits per heavy atom. The first-order chi connectivity index (χ1) is 13.8. The molecule has 0 saturated carbocycles. The molecule has 0 aliphatic rings. The maximum atomic E-state index is 12.8. The topological polar surface area (TPSA) is 102 Å². The molecule has 9 heteroatoms. The van der Waals surface area contributed by atoms with E-state index in [1.165, 1.54) is 20.3 Å². The first-order valence-electron chi connectivity index (χ1n) is 8.75. The van der Waals surface area contributed by atoms with Crippen LogP contribution in [0.4, 0.5) is 17.3 Å². The standard InChI is InChI=1S/C20H22N4O4S/c1-13-11-14(2)22-20(21-13)23-15-5-7-16(8-6-15)24-29(25,26)19-12-17(27-3)9-10-18(19)28-4/h5-12,24H,1-4H3,(H,21,22,23). The van der Waals surface area contributed by atoms with E-state index >= 15 is 0 Å². The molecule has 3 rings (SSSR count). The first kappa shape index (κ1) is 20.4. The van der Waals surface area contributed by atoms with Gasteiger partial charge in [-0.1, -0.05) is 0 Å². The third-order valence-corrected chi connectivity index (χ3v) is 5.44. The lowest BCUT2D eigenvalue weighted by Gasteiger charge is -2.13. The van der Waals surface area contributed by atoms with Gasteiger partial charge >= 0.3 is 0 Å². The summed E-state index contributed by atoms with van der Waals surface area (Å²) < 4.78 is 38.5. The molecule has 0 unspecified atom stereocenters. The van der Waals surface area contributed by atoms with Crippen molar-refractivity contribution in [2.75, 3.05) is 24.3 Å². The summed E-state index contributed by atoms with van der Waals surface area (Å²) in [5.74, 6) is 1.12. The van der Waals surface area contributed by atoms with Crippen molar-refractivity contribution in [3.63, 3.8) is 0 Å². The summed E-state index contributed by atoms with van der Waals surface area (Å²) in [7, 11) is -0.990. The van der Waals surface area contributed by atoms with Crippen LogP contribution in [0.2, 0.25) is 0 Å². The van der Waals surface area contributed by atoms with Crippen molar-refractivity contribution in [3.8, 4) is 11.5 Å². The number of nitrogens with zero attached hydrogens (tertiary/aromatic N) is 2. The number of sulfonamides is 1. The van der Waals surface area contributed by atoms with E-state index in [4.69, 9.17) is 9.47 Å². The van der Waals surface area contributed by atoms with Crippen molar-refractivity contribution in [1.82, 2.24) is 9.97 Å². The van der Waals surface area contributed by atoms with Crippen molar-refractivity contribution >= 4 is 27.3 Å². The summed E-state index contributed by atoms with van der Waals surface area (Å²) in [5.41, 5.74) is 2.85. The lowest BCUT2D eigenvalue weighted by molar-refractivity contribution is 0.392. The lowest BCUT2D eigenvalue weighted by Crippen LogP contribution is -2.14. The summed E-state index contributed by atoms with van der Waals surface area (Å²) in [6.45, 7) is 3.79. The number of rotatable bonds is 7. The third kappa shape index (κ3) is 4.94. The predicted molar refractivity (Wildman–Crippen MR) is 112 cm³/mol. The number of anilines is 3. The van der Waals surface area contributed by atoms with Crippen LogP contribution in [0.15, 0.2) is 53.4 Å². The van der Waals surface area contributed by atoms with Gasteiger partial charge in [0.2, 0.25) is 5.95 Å². The maximum absolute atomic E-state index is 12.8. The van der Waals surface area contributed by atoms with Gasteiger partial charge < -0.3 is 14.8 Å². The molecule has 0 aliphatic heterocycles. The monoisotopic (exact) mass is 414 g/mol. The van der Waals surface area contributed by atoms with Crippen molar-refractivity contribution in [1.29, 1.82) is 0 Å². The van der Waals surface area contributed by atoms with Crippen LogP contribution in [0.25, 0.3) is 0 Å². The number of benzene rings is 2. The molecule has 2 aromatic carbocycles. The maximum Gasteiger partial charge on any atom is 0.265 e. The molecular weight excluding hydrogens is 392 g/mol. The highest BCUT2D eigenvalue weighted by molar-refractivity contribution is 7.92. The number of aromatic nitrogens is 2. The third-order valence-electron chi connectivity index (χ3n) is 4.04. The predicted octanol–water partition coefficient (Wildman–Crippen LogP) is 3.66. The highest BCUT2D eigenvalue weighted by atomic mass is 32.2. The Labute approximate surface area is 170 Å². The van der Waals surface area contributed by atoms with Gasteiger partial charge in [0.1, 0.15) is 16.4 Å². The van der Waals surface area contributed by atoms with E-state index in [-0.39, 0.29) is 10.6 Å². The Morgan fingerprint density at radius 3 is 2.03 bits per heavy atom. The smallest absolute Gasteiger partial charge is 0.265 e. The number of hydrogen-bond acceptors (Lipinski definition) is 7. The molecule has 0 radical (unpaired) electrons. The van der Waals surface area contributed by atoms with Gasteiger partial charge in [0.25, 0.3) is 10.0 Å². The molecule has 0 bridgehead atoms. The Kier molecular flexibility index (Phi) is 5.88. The number of nitrogens with one attached hydrogen (secondary N) is 2. The van der Waals surface area contributed by atoms with Crippen LogP contribution < -0.4 is 19.5 Å². The van der Waals surface area contributed by atoms with Gasteiger partial charge in [-0.25, -0.2) is 18.4 Å². The lowest BCUT2D eigenvalue weighted by atomic mass is 10.3. The van der Waals surface area contributed by atoms with Crippen LogP contribution in [0.5, 0.6) is 11.5 Å². The van der Waals surface area contributed by atoms with Crippen molar-refractivity contribution in [2.24, 2.45) is 0 Å². The fourth-order valence-electron chi connectivity index (χ4n) is 2.74. The van der Waals surface area contributed by atoms with E-state index in [9.17, 15) is 8.42 Å². The van der Waals surface area contributed by atoms with E-state index in [1.807, 2.05) is 19.9 Å². The summed E-state index contributed by atoms with van der Waals surface area (Å²) in [6, 6.07) is 13.2. The summed E-state index contributed by atoms with van der Waals surface area (Å²) in [6.07, 6.45) is 0. The number of ether oxygens (including phenoxy) is 2. The zero-order valence-electron chi connectivity index (χ0n) is 16.6. The minimum atomic E-state index is -3.87. The van der Waals surface area contributed by atoms with Crippen LogP contribution in [0.1, 0.15) is 11.4 Å². The van der Waals surface area contributed by atoms with E-state index < -0.39 is 10.0 Å². The molecule has 152 valence electrons. The first-order valence-corrected chi connectivity index (χ1v) is 10.2. The molecule has 0 spiro atoms. The second kappa shape index (κ2) is 8.36. The highest BCUT2D eigenvalue weighted by Crippen LogP contribution is 2.30. The van der Waals surface area contributed by atoms with Crippen LogP contribution in [-0.2, 0) is 10.0 Å². The highest BCUT2D eigenvalue weighted by Gasteiger charge is 2.20. The van der Waals surface area contributed by atoms with Gasteiger partial charge in [0, 0.05) is 28.8 Å². The zero-order valence-corrected chi connectivity index (χ0v) is 17.4. The van der Waals surface area contributed by atoms with Crippen LogP contribution in [-0.4, -0.2) is 32.6 Å². The fraction of sp³-hybridized carbons (Fsp3) is 0.200. The second-order valence-electron chi connectivity index (χ2n) is 6.30. The minimum absolute atomic E-state index is 0.00909. The molecule has 1 heterocycles. The minimum Gasteiger partial charge on any atom is -0.497 e. The van der Waals surface area contributed by atoms with Crippen LogP contribution in [0.3, 0.4) is 0 Å². The Balaban J connectivity index is 1.80. The van der Waals surface area contributed by atoms with Crippen LogP contribution in [0, 0.1) is 13.8 Å². The molecule has 8 nitrogen and oxygen atoms in total. The van der Waals surface area contributed by atoms with Crippen LogP contribution >= 0.6 is 0 Å². The Bertz CT molecular complexity index is 1100. The quantitative estimate of drug-likeness (QED) is 0.608. The second-order valence-corrected chi connectivity index (χ2v) is 7.95. The summed E-state index contributed by atoms with van der Waals surface area (Å²) in [5, 5.41) is 3.10. The Hall–Kier alpha value is -3.33. The zero-order chi connectivity index (χ0) is 21.0. The van der Waals surface area contributed by atoms with Gasteiger partial charge in [-0.2, -0.15) is 0 Å². The number of hydrogen-bond donors (Lipinski definition) is 2. The van der Waals surface area contributed by atoms with Crippen molar-refractivity contribution in [3.05, 3.63) is 59.9 Å². The normalized spacial score (nSPS) is 11.0. The molecule has 1 aromatic heterocycles. The fourth-order valence-corrected chi connectivity index (χ4v) is 3.98. The molecule has 29 heavy (non-hydrogen) atoms. The number of methoxy groups -OCH3 is 2. The van der Waals surface area contributed by atoms with E-state index in [2.05, 4.69) is 20.0 Å². The van der Waals surface area contributed by atoms with E-state index in [0.717, 1.165) is 17.1 Å². The van der Waals surface area contributed by atoms with Gasteiger partial charge in [0.15, 0.2) is 0 Å². The molecule has 2 N–H and O–H groups in total. The van der Waals surface area contributed by atoms with Crippen molar-refractivity contribution in [2.45, 2.75) is 18.7 Å². The number of aryl methyl sites for hydroxylation is 2. The van der Waals surface area contributed by atoms with Gasteiger partial charge in [-0.05, 0) is 56.3 Å². The van der Waals surface area contributed by atoms with E-state index in [0.29, 0.717) is 17.4 Å². The molecule has 0 aliphatic carbocycles. The average Bonchev–Trinajstić information content (AvgIpc) is 2.68. The van der Waals surface area contributed by atoms with Gasteiger partial charge in [-0.3, -0.25) is 4.72 Å². The SMILES string of the molecule is COc1ccc(OC)c(S(=O)(=O)Nc2ccc(Nc3nc(C)cc(C)n3)cc2)c1. The largest absolute Gasteiger partial charge is 0.497 e. The molecule has 0 saturated heterocycles. The Morgan fingerprint density at radius 1 is 0.828 bits per heavy atom. The van der Waals surface area contributed by atoms with Gasteiger partial charge in [-0.15, -0.1) is 0 Å².